The summed E-state index contributed by atoms with van der Waals surface area (Å²) in [4.78, 5) is 2.36. The molecule has 1 nitrogen and oxygen atoms in total. The first kappa shape index (κ1) is 16.2. The van der Waals surface area contributed by atoms with E-state index in [1.807, 2.05) is 0 Å². The van der Waals surface area contributed by atoms with Crippen molar-refractivity contribution in [2.24, 2.45) is 11.3 Å². The summed E-state index contributed by atoms with van der Waals surface area (Å²) in [5.41, 5.74) is 3.65. The molecule has 0 spiro atoms. The van der Waals surface area contributed by atoms with Gasteiger partial charge in [0.15, 0.2) is 0 Å². The summed E-state index contributed by atoms with van der Waals surface area (Å²) >= 11 is 3.55. The third-order valence-electron chi connectivity index (χ3n) is 4.94. The zero-order chi connectivity index (χ0) is 17.3. The molecule has 0 radical (unpaired) electrons. The Balaban J connectivity index is 1.85. The van der Waals surface area contributed by atoms with Gasteiger partial charge in [-0.2, -0.15) is 0 Å². The summed E-state index contributed by atoms with van der Waals surface area (Å²) in [6.07, 6.45) is 15.6. The van der Waals surface area contributed by atoms with Gasteiger partial charge in [0.1, 0.15) is 0 Å². The highest BCUT2D eigenvalue weighted by molar-refractivity contribution is 9.10. The lowest BCUT2D eigenvalue weighted by Gasteiger charge is -2.41. The number of hydrogen-bond acceptors (Lipinski definition) is 1. The maximum absolute atomic E-state index is 3.55. The van der Waals surface area contributed by atoms with Gasteiger partial charge in [0.2, 0.25) is 0 Å². The minimum Gasteiger partial charge on any atom is -0.314 e. The highest BCUT2D eigenvalue weighted by Crippen LogP contribution is 2.46. The molecular formula is C23H20BrN. The van der Waals surface area contributed by atoms with Gasteiger partial charge < -0.3 is 4.90 Å². The maximum Gasteiger partial charge on any atom is 0.0459 e. The van der Waals surface area contributed by atoms with Gasteiger partial charge in [-0.3, -0.25) is 0 Å². The van der Waals surface area contributed by atoms with Gasteiger partial charge in [0, 0.05) is 32.9 Å². The van der Waals surface area contributed by atoms with Crippen LogP contribution in [0.2, 0.25) is 0 Å². The molecule has 25 heavy (non-hydrogen) atoms. The van der Waals surface area contributed by atoms with Crippen LogP contribution in [0.4, 0.5) is 11.4 Å². The fraction of sp³-hybridized carbons (Fsp3) is 0.130. The van der Waals surface area contributed by atoms with Gasteiger partial charge in [-0.15, -0.1) is 0 Å². The van der Waals surface area contributed by atoms with Crippen LogP contribution in [-0.2, 0) is 0 Å². The molecule has 2 aromatic carbocycles. The molecule has 0 aliphatic heterocycles. The quantitative estimate of drug-likeness (QED) is 0.558. The first-order chi connectivity index (χ1) is 12.2. The summed E-state index contributed by atoms with van der Waals surface area (Å²) < 4.78 is 1.09. The van der Waals surface area contributed by atoms with Crippen molar-refractivity contribution in [3.8, 4) is 0 Å². The fourth-order valence-corrected chi connectivity index (χ4v) is 3.88. The lowest BCUT2D eigenvalue weighted by atomic mass is 9.70. The number of para-hydroxylation sites is 1. The topological polar surface area (TPSA) is 3.24 Å². The van der Waals surface area contributed by atoms with Crippen LogP contribution < -0.4 is 4.90 Å². The first-order valence-corrected chi connectivity index (χ1v) is 9.33. The van der Waals surface area contributed by atoms with E-state index >= 15 is 0 Å². The molecule has 0 saturated carbocycles. The third kappa shape index (κ3) is 3.03. The van der Waals surface area contributed by atoms with E-state index in [0.29, 0.717) is 5.92 Å². The molecule has 0 saturated heterocycles. The van der Waals surface area contributed by atoms with Crippen molar-refractivity contribution >= 4 is 27.3 Å². The minimum absolute atomic E-state index is 0.0151. The number of rotatable bonds is 3. The summed E-state index contributed by atoms with van der Waals surface area (Å²) in [6, 6.07) is 19.1. The van der Waals surface area contributed by atoms with Crippen LogP contribution in [0.1, 0.15) is 6.92 Å². The minimum atomic E-state index is 0.0151. The number of allylic oxidation sites excluding steroid dienone is 7. The lowest BCUT2D eigenvalue weighted by molar-refractivity contribution is 0.428. The molecule has 1 unspecified atom stereocenters. The van der Waals surface area contributed by atoms with E-state index in [2.05, 4.69) is 125 Å². The van der Waals surface area contributed by atoms with E-state index in [0.717, 1.165) is 4.47 Å². The standard InChI is InChI=1S/C23H20BrN/c1-23-16-6-5-10-21(23)22(11-7-17-23)25(19-8-3-2-4-9-19)20-14-12-18(24)13-15-20/h2-17,21H,1H3/t21-,23?/m1/s1. The van der Waals surface area contributed by atoms with Crippen molar-refractivity contribution in [2.75, 3.05) is 4.90 Å². The van der Waals surface area contributed by atoms with Crippen LogP contribution in [0.15, 0.2) is 107 Å². The molecule has 0 N–H and O–H groups in total. The van der Waals surface area contributed by atoms with Gasteiger partial charge in [-0.25, -0.2) is 0 Å². The predicted molar refractivity (Wildman–Crippen MR) is 110 cm³/mol. The molecule has 0 bridgehead atoms. The third-order valence-corrected chi connectivity index (χ3v) is 5.47. The van der Waals surface area contributed by atoms with Crippen LogP contribution in [0.3, 0.4) is 0 Å². The zero-order valence-electron chi connectivity index (χ0n) is 14.1. The van der Waals surface area contributed by atoms with Crippen LogP contribution in [0.5, 0.6) is 0 Å². The SMILES string of the molecule is CC12C=CC=C[C@@H]1C(N(c1ccccc1)c1ccc(Br)cc1)=CC=C2. The summed E-state index contributed by atoms with van der Waals surface area (Å²) in [6.45, 7) is 2.30. The number of fused-ring (bicyclic) bond motifs is 1. The second kappa shape index (κ2) is 6.53. The number of nitrogens with zero attached hydrogens (tertiary/aromatic N) is 1. The molecule has 4 rings (SSSR count). The van der Waals surface area contributed by atoms with Gasteiger partial charge >= 0.3 is 0 Å². The monoisotopic (exact) mass is 389 g/mol. The van der Waals surface area contributed by atoms with E-state index in [4.69, 9.17) is 0 Å². The average Bonchev–Trinajstić information content (AvgIpc) is 2.64. The van der Waals surface area contributed by atoms with E-state index in [9.17, 15) is 0 Å². The molecular weight excluding hydrogens is 370 g/mol. The zero-order valence-corrected chi connectivity index (χ0v) is 15.7. The van der Waals surface area contributed by atoms with Crippen molar-refractivity contribution in [1.82, 2.24) is 0 Å². The van der Waals surface area contributed by atoms with Crippen molar-refractivity contribution in [3.63, 3.8) is 0 Å². The Kier molecular flexibility index (Phi) is 4.22. The number of anilines is 2. The smallest absolute Gasteiger partial charge is 0.0459 e. The van der Waals surface area contributed by atoms with Gasteiger partial charge in [-0.1, -0.05) is 77.5 Å². The molecule has 124 valence electrons. The average molecular weight is 390 g/mol. The lowest BCUT2D eigenvalue weighted by Crippen LogP contribution is -2.33. The number of benzene rings is 2. The van der Waals surface area contributed by atoms with Gasteiger partial charge in [0.05, 0.1) is 0 Å². The molecule has 2 aliphatic rings. The Morgan fingerprint density at radius 2 is 1.52 bits per heavy atom. The second-order valence-corrected chi connectivity index (χ2v) is 7.60. The summed E-state index contributed by atoms with van der Waals surface area (Å²) in [5, 5.41) is 0. The molecule has 2 aliphatic carbocycles. The van der Waals surface area contributed by atoms with Crippen LogP contribution in [0, 0.1) is 11.3 Å². The van der Waals surface area contributed by atoms with E-state index in [1.165, 1.54) is 17.1 Å². The largest absolute Gasteiger partial charge is 0.314 e. The summed E-state index contributed by atoms with van der Waals surface area (Å²) in [7, 11) is 0. The molecule has 0 heterocycles. The highest BCUT2D eigenvalue weighted by Gasteiger charge is 2.36. The molecule has 2 atom stereocenters. The Hall–Kier alpha value is -2.32. The molecule has 2 heteroatoms. The first-order valence-electron chi connectivity index (χ1n) is 8.54. The van der Waals surface area contributed by atoms with Crippen molar-refractivity contribution in [3.05, 3.63) is 107 Å². The highest BCUT2D eigenvalue weighted by atomic mass is 79.9. The molecule has 2 aromatic rings. The second-order valence-electron chi connectivity index (χ2n) is 6.69. The Morgan fingerprint density at radius 1 is 0.840 bits per heavy atom. The Bertz CT molecular complexity index is 874. The van der Waals surface area contributed by atoms with Crippen molar-refractivity contribution in [1.29, 1.82) is 0 Å². The number of halogens is 1. The van der Waals surface area contributed by atoms with Crippen LogP contribution in [0.25, 0.3) is 0 Å². The Labute approximate surface area is 157 Å². The maximum atomic E-state index is 3.55. The molecule has 0 aromatic heterocycles. The normalized spacial score (nSPS) is 23.9. The van der Waals surface area contributed by atoms with E-state index < -0.39 is 0 Å². The van der Waals surface area contributed by atoms with E-state index in [-0.39, 0.29) is 5.41 Å². The van der Waals surface area contributed by atoms with Gasteiger partial charge in [0.25, 0.3) is 0 Å². The van der Waals surface area contributed by atoms with Gasteiger partial charge in [-0.05, 0) is 42.5 Å². The Morgan fingerprint density at radius 3 is 2.28 bits per heavy atom. The van der Waals surface area contributed by atoms with Crippen LogP contribution in [-0.4, -0.2) is 0 Å². The summed E-state index contributed by atoms with van der Waals surface area (Å²) in [5.74, 6) is 0.311. The molecule has 0 amide bonds. The van der Waals surface area contributed by atoms with Crippen molar-refractivity contribution in [2.45, 2.75) is 6.92 Å². The number of hydrogen-bond donors (Lipinski definition) is 0. The van der Waals surface area contributed by atoms with Crippen LogP contribution >= 0.6 is 15.9 Å². The van der Waals surface area contributed by atoms with Crippen molar-refractivity contribution < 1.29 is 0 Å². The molecule has 0 fully saturated rings. The predicted octanol–water partition coefficient (Wildman–Crippen LogP) is 6.79. The fourth-order valence-electron chi connectivity index (χ4n) is 3.61. The van der Waals surface area contributed by atoms with E-state index in [1.54, 1.807) is 0 Å².